The van der Waals surface area contributed by atoms with Gasteiger partial charge < -0.3 is 15.9 Å². The van der Waals surface area contributed by atoms with Gasteiger partial charge in [-0.1, -0.05) is 18.2 Å². The van der Waals surface area contributed by atoms with Crippen LogP contribution < -0.4 is 5.73 Å². The van der Waals surface area contributed by atoms with Crippen molar-refractivity contribution in [1.82, 2.24) is 0 Å². The summed E-state index contributed by atoms with van der Waals surface area (Å²) in [6.45, 7) is 1.35. The monoisotopic (exact) mass is 299 g/mol. The van der Waals surface area contributed by atoms with E-state index in [9.17, 15) is 14.4 Å². The number of Topliss-reactive ketones (excluding diaryl/α,β-unsaturated/α-hetero) is 1. The van der Waals surface area contributed by atoms with Crippen LogP contribution >= 0.6 is 12.6 Å². The normalized spacial score (nSPS) is 10.9. The number of rotatable bonds is 5. The van der Waals surface area contributed by atoms with Crippen molar-refractivity contribution >= 4 is 30.4 Å². The third kappa shape index (κ3) is 6.35. The molecule has 0 bridgehead atoms. The predicted molar refractivity (Wildman–Crippen MR) is 77.5 cm³/mol. The van der Waals surface area contributed by atoms with E-state index in [4.69, 9.17) is 15.9 Å². The largest absolute Gasteiger partial charge is 0.480 e. The van der Waals surface area contributed by atoms with Crippen molar-refractivity contribution in [2.45, 2.75) is 19.4 Å². The summed E-state index contributed by atoms with van der Waals surface area (Å²) < 4.78 is 0. The van der Waals surface area contributed by atoms with Crippen molar-refractivity contribution < 1.29 is 24.6 Å². The van der Waals surface area contributed by atoms with Crippen LogP contribution in [-0.4, -0.2) is 39.7 Å². The van der Waals surface area contributed by atoms with E-state index >= 15 is 0 Å². The lowest BCUT2D eigenvalue weighted by molar-refractivity contribution is -0.138. The second-order valence-corrected chi connectivity index (χ2v) is 4.31. The number of carboxylic acid groups (broad SMARTS) is 2. The van der Waals surface area contributed by atoms with E-state index in [0.717, 1.165) is 0 Å². The second kappa shape index (κ2) is 9.11. The molecule has 0 saturated heterocycles. The van der Waals surface area contributed by atoms with Crippen LogP contribution in [0.1, 0.15) is 34.1 Å². The molecule has 0 radical (unpaired) electrons. The third-order valence-electron chi connectivity index (χ3n) is 2.29. The van der Waals surface area contributed by atoms with Crippen molar-refractivity contribution in [2.24, 2.45) is 5.73 Å². The highest BCUT2D eigenvalue weighted by atomic mass is 32.1. The summed E-state index contributed by atoms with van der Waals surface area (Å²) in [6, 6.07) is 5.41. The first-order valence-electron chi connectivity index (χ1n) is 5.73. The fraction of sp³-hybridized carbons (Fsp3) is 0.308. The molecule has 7 heteroatoms. The van der Waals surface area contributed by atoms with Gasteiger partial charge in [0.2, 0.25) is 0 Å². The Bertz CT molecular complexity index is 456. The Morgan fingerprint density at radius 1 is 1.20 bits per heavy atom. The molecule has 1 aromatic rings. The number of hydrogen-bond donors (Lipinski definition) is 4. The molecule has 0 aliphatic heterocycles. The predicted octanol–water partition coefficient (Wildman–Crippen LogP) is 1.31. The number of carbonyl (C=O) groups is 3. The summed E-state index contributed by atoms with van der Waals surface area (Å²) in [6.07, 6.45) is 0.429. The highest BCUT2D eigenvalue weighted by Gasteiger charge is 2.11. The average molecular weight is 299 g/mol. The zero-order valence-corrected chi connectivity index (χ0v) is 11.8. The Morgan fingerprint density at radius 2 is 1.70 bits per heavy atom. The Hall–Kier alpha value is -1.86. The Labute approximate surface area is 122 Å². The van der Waals surface area contributed by atoms with E-state index < -0.39 is 18.0 Å². The van der Waals surface area contributed by atoms with E-state index in [1.807, 2.05) is 0 Å². The number of benzene rings is 1. The first-order chi connectivity index (χ1) is 9.31. The molecule has 4 N–H and O–H groups in total. The molecule has 0 spiro atoms. The summed E-state index contributed by atoms with van der Waals surface area (Å²) in [5, 5.41) is 16.8. The molecule has 0 saturated carbocycles. The number of aliphatic carboxylic acids is 1. The molecule has 0 fully saturated rings. The van der Waals surface area contributed by atoms with E-state index in [-0.39, 0.29) is 16.9 Å². The molecule has 0 aromatic heterocycles. The number of ketones is 1. The lowest BCUT2D eigenvalue weighted by Gasteiger charge is -2.00. The first kappa shape index (κ1) is 18.1. The van der Waals surface area contributed by atoms with Crippen molar-refractivity contribution in [3.63, 3.8) is 0 Å². The average Bonchev–Trinajstić information content (AvgIpc) is 2.39. The minimum absolute atomic E-state index is 0.0602. The number of hydrogen-bond acceptors (Lipinski definition) is 5. The van der Waals surface area contributed by atoms with Crippen molar-refractivity contribution in [2.75, 3.05) is 5.75 Å². The van der Waals surface area contributed by atoms with Gasteiger partial charge in [0, 0.05) is 5.56 Å². The maximum absolute atomic E-state index is 10.9. The van der Waals surface area contributed by atoms with Gasteiger partial charge in [-0.15, -0.1) is 0 Å². The second-order valence-electron chi connectivity index (χ2n) is 3.86. The van der Waals surface area contributed by atoms with Gasteiger partial charge in [-0.3, -0.25) is 9.59 Å². The van der Waals surface area contributed by atoms with Gasteiger partial charge >= 0.3 is 11.9 Å². The Balaban J connectivity index is 0.000000396. The summed E-state index contributed by atoms with van der Waals surface area (Å²) in [5.74, 6) is -1.74. The quantitative estimate of drug-likeness (QED) is 0.481. The van der Waals surface area contributed by atoms with Gasteiger partial charge in [-0.25, -0.2) is 4.79 Å². The van der Waals surface area contributed by atoms with Gasteiger partial charge in [0.25, 0.3) is 0 Å². The maximum Gasteiger partial charge on any atom is 0.336 e. The van der Waals surface area contributed by atoms with E-state index in [1.54, 1.807) is 12.1 Å². The topological polar surface area (TPSA) is 118 Å². The number of carbonyl (C=O) groups excluding carboxylic acids is 1. The number of thiol groups is 1. The minimum Gasteiger partial charge on any atom is -0.480 e. The van der Waals surface area contributed by atoms with Crippen LogP contribution in [0, 0.1) is 0 Å². The molecule has 6 nitrogen and oxygen atoms in total. The highest BCUT2D eigenvalue weighted by molar-refractivity contribution is 7.80. The lowest BCUT2D eigenvalue weighted by atomic mass is 10.1. The van der Waals surface area contributed by atoms with Crippen molar-refractivity contribution in [3.05, 3.63) is 35.4 Å². The molecule has 1 atom stereocenters. The standard InChI is InChI=1S/C9H8O3.C4H9NO2S/c1-6(10)7-4-2-3-5-8(7)9(11)12;5-3(1-2-8)4(6)7/h2-5H,1H3,(H,11,12);3,8H,1-2,5H2,(H,6,7)/t;3-/m.0/s1. The molecule has 0 amide bonds. The molecule has 0 aliphatic carbocycles. The number of nitrogens with two attached hydrogens (primary N) is 1. The molecule has 0 aliphatic rings. The van der Waals surface area contributed by atoms with Crippen LogP contribution in [0.2, 0.25) is 0 Å². The molecule has 110 valence electrons. The smallest absolute Gasteiger partial charge is 0.336 e. The van der Waals surface area contributed by atoms with Gasteiger partial charge in [0.05, 0.1) is 5.56 Å². The Morgan fingerprint density at radius 3 is 1.95 bits per heavy atom. The molecular formula is C13H17NO5S. The first-order valence-corrected chi connectivity index (χ1v) is 6.37. The number of aromatic carboxylic acids is 1. The van der Waals surface area contributed by atoms with Crippen LogP contribution in [-0.2, 0) is 4.79 Å². The van der Waals surface area contributed by atoms with Gasteiger partial charge in [0.15, 0.2) is 5.78 Å². The molecule has 1 aromatic carbocycles. The number of carboxylic acids is 2. The lowest BCUT2D eigenvalue weighted by Crippen LogP contribution is -2.30. The van der Waals surface area contributed by atoms with Gasteiger partial charge in [-0.2, -0.15) is 12.6 Å². The van der Waals surface area contributed by atoms with Gasteiger partial charge in [-0.05, 0) is 25.2 Å². The fourth-order valence-corrected chi connectivity index (χ4v) is 1.52. The highest BCUT2D eigenvalue weighted by Crippen LogP contribution is 2.08. The minimum atomic E-state index is -1.07. The third-order valence-corrected chi connectivity index (χ3v) is 2.55. The summed E-state index contributed by atoms with van der Waals surface area (Å²) in [4.78, 5) is 31.4. The SMILES string of the molecule is CC(=O)c1ccccc1C(=O)O.N[C@@H](CCS)C(=O)O. The van der Waals surface area contributed by atoms with Crippen LogP contribution in [0.3, 0.4) is 0 Å². The van der Waals surface area contributed by atoms with Crippen LogP contribution in [0.5, 0.6) is 0 Å². The fourth-order valence-electron chi connectivity index (χ4n) is 1.24. The van der Waals surface area contributed by atoms with E-state index in [0.29, 0.717) is 12.2 Å². The molecule has 0 unspecified atom stereocenters. The Kier molecular flexibility index (Phi) is 8.26. The van der Waals surface area contributed by atoms with Crippen LogP contribution in [0.15, 0.2) is 24.3 Å². The van der Waals surface area contributed by atoms with E-state index in [2.05, 4.69) is 12.6 Å². The molecular weight excluding hydrogens is 282 g/mol. The van der Waals surface area contributed by atoms with Gasteiger partial charge in [0.1, 0.15) is 6.04 Å². The molecule has 1 rings (SSSR count). The van der Waals surface area contributed by atoms with Crippen LogP contribution in [0.25, 0.3) is 0 Å². The zero-order chi connectivity index (χ0) is 15.7. The van der Waals surface area contributed by atoms with Crippen molar-refractivity contribution in [3.8, 4) is 0 Å². The van der Waals surface area contributed by atoms with Crippen LogP contribution in [0.4, 0.5) is 0 Å². The molecule has 20 heavy (non-hydrogen) atoms. The van der Waals surface area contributed by atoms with Crippen molar-refractivity contribution in [1.29, 1.82) is 0 Å². The molecule has 0 heterocycles. The summed E-state index contributed by atoms with van der Waals surface area (Å²) in [7, 11) is 0. The summed E-state index contributed by atoms with van der Waals surface area (Å²) >= 11 is 3.81. The maximum atomic E-state index is 10.9. The summed E-state index contributed by atoms with van der Waals surface area (Å²) in [5.41, 5.74) is 5.39. The van der Waals surface area contributed by atoms with E-state index in [1.165, 1.54) is 19.1 Å². The zero-order valence-electron chi connectivity index (χ0n) is 10.9.